The molecule has 1 unspecified atom stereocenters. The van der Waals surface area contributed by atoms with Gasteiger partial charge in [0.15, 0.2) is 11.5 Å². The number of methoxy groups -OCH3 is 1. The van der Waals surface area contributed by atoms with E-state index in [9.17, 15) is 0 Å². The molecule has 0 amide bonds. The summed E-state index contributed by atoms with van der Waals surface area (Å²) in [7, 11) is 1.63. The highest BCUT2D eigenvalue weighted by Gasteiger charge is 2.08. The van der Waals surface area contributed by atoms with Crippen LogP contribution in [-0.4, -0.2) is 13.7 Å². The van der Waals surface area contributed by atoms with Crippen molar-refractivity contribution in [3.05, 3.63) is 23.8 Å². The number of hydrogen-bond donors (Lipinski definition) is 0. The zero-order valence-corrected chi connectivity index (χ0v) is 9.41. The average Bonchev–Trinajstić information content (AvgIpc) is 2.28. The van der Waals surface area contributed by atoms with E-state index in [0.717, 1.165) is 17.1 Å². The summed E-state index contributed by atoms with van der Waals surface area (Å²) in [4.78, 5) is 0. The molecule has 2 heteroatoms. The second-order valence-electron chi connectivity index (χ2n) is 3.23. The SMILES string of the molecule is C#CC(C)c1ccc(OC)c(OCC)c1. The van der Waals surface area contributed by atoms with Crippen LogP contribution in [0, 0.1) is 12.3 Å². The number of ether oxygens (including phenoxy) is 2. The van der Waals surface area contributed by atoms with E-state index < -0.39 is 0 Å². The minimum atomic E-state index is 0.0927. The molecule has 0 aromatic heterocycles. The predicted octanol–water partition coefficient (Wildman–Crippen LogP) is 2.83. The van der Waals surface area contributed by atoms with E-state index in [1.54, 1.807) is 7.11 Å². The Morgan fingerprint density at radius 3 is 2.67 bits per heavy atom. The molecule has 0 aliphatic carbocycles. The van der Waals surface area contributed by atoms with Crippen molar-refractivity contribution in [2.24, 2.45) is 0 Å². The molecular weight excluding hydrogens is 188 g/mol. The molecule has 1 atom stereocenters. The molecule has 0 saturated carbocycles. The zero-order valence-electron chi connectivity index (χ0n) is 9.41. The Balaban J connectivity index is 3.05. The molecule has 0 heterocycles. The van der Waals surface area contributed by atoms with Crippen molar-refractivity contribution < 1.29 is 9.47 Å². The van der Waals surface area contributed by atoms with E-state index in [0.29, 0.717) is 6.61 Å². The standard InChI is InChI=1S/C13H16O2/c1-5-10(3)11-7-8-12(14-4)13(9-11)15-6-2/h1,7-10H,6H2,2-4H3. The first-order valence-corrected chi connectivity index (χ1v) is 4.99. The Kier molecular flexibility index (Phi) is 4.05. The Bertz CT molecular complexity index is 363. The van der Waals surface area contributed by atoms with Crippen molar-refractivity contribution in [3.63, 3.8) is 0 Å². The Hall–Kier alpha value is -1.62. The smallest absolute Gasteiger partial charge is 0.161 e. The lowest BCUT2D eigenvalue weighted by Crippen LogP contribution is -1.97. The van der Waals surface area contributed by atoms with Crippen LogP contribution >= 0.6 is 0 Å². The van der Waals surface area contributed by atoms with Crippen molar-refractivity contribution in [2.75, 3.05) is 13.7 Å². The highest BCUT2D eigenvalue weighted by molar-refractivity contribution is 5.45. The maximum Gasteiger partial charge on any atom is 0.161 e. The average molecular weight is 204 g/mol. The van der Waals surface area contributed by atoms with Gasteiger partial charge in [-0.1, -0.05) is 12.0 Å². The quantitative estimate of drug-likeness (QED) is 0.702. The van der Waals surface area contributed by atoms with Crippen molar-refractivity contribution in [2.45, 2.75) is 19.8 Å². The lowest BCUT2D eigenvalue weighted by Gasteiger charge is -2.12. The molecule has 2 nitrogen and oxygen atoms in total. The second kappa shape index (κ2) is 5.31. The summed E-state index contributed by atoms with van der Waals surface area (Å²) in [5, 5.41) is 0. The molecule has 80 valence electrons. The molecule has 0 N–H and O–H groups in total. The highest BCUT2D eigenvalue weighted by Crippen LogP contribution is 2.30. The number of terminal acetylenes is 1. The van der Waals surface area contributed by atoms with E-state index in [4.69, 9.17) is 15.9 Å². The monoisotopic (exact) mass is 204 g/mol. The topological polar surface area (TPSA) is 18.5 Å². The van der Waals surface area contributed by atoms with Gasteiger partial charge >= 0.3 is 0 Å². The highest BCUT2D eigenvalue weighted by atomic mass is 16.5. The molecule has 0 saturated heterocycles. The lowest BCUT2D eigenvalue weighted by atomic mass is 10.0. The van der Waals surface area contributed by atoms with Crippen molar-refractivity contribution in [1.29, 1.82) is 0 Å². The van der Waals surface area contributed by atoms with E-state index in [2.05, 4.69) is 5.92 Å². The van der Waals surface area contributed by atoms with Gasteiger partial charge in [-0.3, -0.25) is 0 Å². The van der Waals surface area contributed by atoms with E-state index in [1.807, 2.05) is 32.0 Å². The van der Waals surface area contributed by atoms with Crippen molar-refractivity contribution in [1.82, 2.24) is 0 Å². The summed E-state index contributed by atoms with van der Waals surface area (Å²) in [6.45, 7) is 4.54. The summed E-state index contributed by atoms with van der Waals surface area (Å²) in [5.41, 5.74) is 1.07. The van der Waals surface area contributed by atoms with Crippen molar-refractivity contribution >= 4 is 0 Å². The second-order valence-corrected chi connectivity index (χ2v) is 3.23. The third-order valence-corrected chi connectivity index (χ3v) is 2.24. The van der Waals surface area contributed by atoms with Gasteiger partial charge in [-0.2, -0.15) is 0 Å². The number of rotatable bonds is 4. The van der Waals surface area contributed by atoms with Gasteiger partial charge in [0.05, 0.1) is 13.7 Å². The Labute approximate surface area is 91.2 Å². The summed E-state index contributed by atoms with van der Waals surface area (Å²) in [6.07, 6.45) is 5.38. The fourth-order valence-corrected chi connectivity index (χ4v) is 1.33. The molecule has 1 aromatic rings. The molecular formula is C13H16O2. The van der Waals surface area contributed by atoms with Crippen LogP contribution in [0.3, 0.4) is 0 Å². The van der Waals surface area contributed by atoms with Crippen LogP contribution in [0.4, 0.5) is 0 Å². The van der Waals surface area contributed by atoms with Crippen LogP contribution in [0.15, 0.2) is 18.2 Å². The van der Waals surface area contributed by atoms with Crippen molar-refractivity contribution in [3.8, 4) is 23.8 Å². The van der Waals surface area contributed by atoms with Gasteiger partial charge in [0.1, 0.15) is 0 Å². The molecule has 0 radical (unpaired) electrons. The summed E-state index contributed by atoms with van der Waals surface area (Å²) >= 11 is 0. The summed E-state index contributed by atoms with van der Waals surface area (Å²) in [6, 6.07) is 5.78. The molecule has 1 aromatic carbocycles. The van der Waals surface area contributed by atoms with Gasteiger partial charge in [0.2, 0.25) is 0 Å². The normalized spacial score (nSPS) is 11.6. The molecule has 0 aliphatic rings. The van der Waals surface area contributed by atoms with Gasteiger partial charge in [-0.05, 0) is 31.5 Å². The number of hydrogen-bond acceptors (Lipinski definition) is 2. The van der Waals surface area contributed by atoms with Crippen LogP contribution in [0.5, 0.6) is 11.5 Å². The Morgan fingerprint density at radius 2 is 2.13 bits per heavy atom. The largest absolute Gasteiger partial charge is 0.493 e. The third-order valence-electron chi connectivity index (χ3n) is 2.24. The maximum atomic E-state index is 5.47. The van der Waals surface area contributed by atoms with Gasteiger partial charge in [0.25, 0.3) is 0 Å². The first-order valence-electron chi connectivity index (χ1n) is 4.99. The fourth-order valence-electron chi connectivity index (χ4n) is 1.33. The van der Waals surface area contributed by atoms with Crippen LogP contribution in [0.1, 0.15) is 25.3 Å². The molecule has 0 aliphatic heterocycles. The summed E-state index contributed by atoms with van der Waals surface area (Å²) in [5.74, 6) is 4.27. The molecule has 1 rings (SSSR count). The first-order chi connectivity index (χ1) is 7.22. The van der Waals surface area contributed by atoms with Gasteiger partial charge < -0.3 is 9.47 Å². The zero-order chi connectivity index (χ0) is 11.3. The van der Waals surface area contributed by atoms with Crippen LogP contribution in [0.2, 0.25) is 0 Å². The lowest BCUT2D eigenvalue weighted by molar-refractivity contribution is 0.310. The minimum absolute atomic E-state index is 0.0927. The first kappa shape index (κ1) is 11.5. The van der Waals surface area contributed by atoms with Gasteiger partial charge in [-0.15, -0.1) is 6.42 Å². The van der Waals surface area contributed by atoms with Crippen LogP contribution in [-0.2, 0) is 0 Å². The van der Waals surface area contributed by atoms with E-state index >= 15 is 0 Å². The molecule has 0 bridgehead atoms. The predicted molar refractivity (Wildman–Crippen MR) is 61.4 cm³/mol. The van der Waals surface area contributed by atoms with E-state index in [-0.39, 0.29) is 5.92 Å². The van der Waals surface area contributed by atoms with Gasteiger partial charge in [-0.25, -0.2) is 0 Å². The van der Waals surface area contributed by atoms with Crippen LogP contribution in [0.25, 0.3) is 0 Å². The third kappa shape index (κ3) is 2.66. The molecule has 0 spiro atoms. The van der Waals surface area contributed by atoms with Gasteiger partial charge in [0, 0.05) is 5.92 Å². The van der Waals surface area contributed by atoms with E-state index in [1.165, 1.54) is 0 Å². The molecule has 15 heavy (non-hydrogen) atoms. The van der Waals surface area contributed by atoms with Crippen LogP contribution < -0.4 is 9.47 Å². The summed E-state index contributed by atoms with van der Waals surface area (Å²) < 4.78 is 10.7. The fraction of sp³-hybridized carbons (Fsp3) is 0.385. The minimum Gasteiger partial charge on any atom is -0.493 e. The maximum absolute atomic E-state index is 5.47. The Morgan fingerprint density at radius 1 is 1.40 bits per heavy atom. The number of benzene rings is 1. The molecule has 0 fully saturated rings.